The monoisotopic (exact) mass is 367 g/mol. The zero-order chi connectivity index (χ0) is 15.9. The zero-order valence-electron chi connectivity index (χ0n) is 11.8. The number of rotatable bonds is 6. The first-order valence-electron chi connectivity index (χ1n) is 6.51. The smallest absolute Gasteiger partial charge is 0.325 e. The molecule has 22 heavy (non-hydrogen) atoms. The minimum atomic E-state index is -0.419. The Labute approximate surface area is 135 Å². The summed E-state index contributed by atoms with van der Waals surface area (Å²) in [7, 11) is 0. The second-order valence-corrected chi connectivity index (χ2v) is 4.90. The van der Waals surface area contributed by atoms with Crippen LogP contribution in [0.15, 0.2) is 39.5 Å². The third-order valence-corrected chi connectivity index (χ3v) is 2.98. The highest BCUT2D eigenvalue weighted by molar-refractivity contribution is 9.10. The van der Waals surface area contributed by atoms with Gasteiger partial charge in [-0.05, 0) is 47.1 Å². The van der Waals surface area contributed by atoms with E-state index in [0.29, 0.717) is 22.8 Å². The molecule has 0 saturated carbocycles. The number of pyridine rings is 1. The topological polar surface area (TPSA) is 93.5 Å². The molecule has 2 N–H and O–H groups in total. The van der Waals surface area contributed by atoms with Crippen LogP contribution in [0, 0.1) is 0 Å². The van der Waals surface area contributed by atoms with Crippen LogP contribution in [0.25, 0.3) is 0 Å². The second-order valence-electron chi connectivity index (χ2n) is 4.12. The van der Waals surface area contributed by atoms with Crippen LogP contribution in [0.4, 0.5) is 11.5 Å². The molecule has 0 unspecified atom stereocenters. The van der Waals surface area contributed by atoms with Crippen molar-refractivity contribution in [2.75, 3.05) is 23.8 Å². The summed E-state index contributed by atoms with van der Waals surface area (Å²) in [6, 6.07) is 6.50. The van der Waals surface area contributed by atoms with Gasteiger partial charge in [-0.1, -0.05) is 0 Å². The van der Waals surface area contributed by atoms with Crippen molar-refractivity contribution < 1.29 is 18.7 Å². The molecule has 116 valence electrons. The van der Waals surface area contributed by atoms with E-state index in [9.17, 15) is 9.59 Å². The number of furan rings is 1. The Kier molecular flexibility index (Phi) is 5.54. The van der Waals surface area contributed by atoms with E-state index < -0.39 is 11.9 Å². The van der Waals surface area contributed by atoms with E-state index in [1.54, 1.807) is 37.4 Å². The van der Waals surface area contributed by atoms with Gasteiger partial charge in [-0.25, -0.2) is 4.98 Å². The molecular weight excluding hydrogens is 354 g/mol. The molecule has 0 bridgehead atoms. The molecule has 0 aliphatic rings. The molecule has 0 aliphatic heterocycles. The second kappa shape index (κ2) is 7.60. The maximum absolute atomic E-state index is 12.0. The van der Waals surface area contributed by atoms with Gasteiger partial charge in [0.2, 0.25) is 0 Å². The number of carbonyl (C=O) groups is 2. The predicted octanol–water partition coefficient (Wildman–Crippen LogP) is 2.66. The molecule has 2 aromatic rings. The van der Waals surface area contributed by atoms with Crippen molar-refractivity contribution in [3.63, 3.8) is 0 Å². The molecule has 0 atom stereocenters. The minimum Gasteiger partial charge on any atom is -0.465 e. The van der Waals surface area contributed by atoms with Crippen molar-refractivity contribution in [3.05, 3.63) is 40.9 Å². The van der Waals surface area contributed by atoms with Gasteiger partial charge in [0.25, 0.3) is 5.91 Å². The van der Waals surface area contributed by atoms with Crippen LogP contribution in [0.2, 0.25) is 0 Å². The molecule has 0 aliphatic carbocycles. The Hall–Kier alpha value is -2.35. The van der Waals surface area contributed by atoms with Gasteiger partial charge in [0, 0.05) is 6.20 Å². The number of hydrogen-bond acceptors (Lipinski definition) is 6. The molecule has 0 aromatic carbocycles. The minimum absolute atomic E-state index is 0.0416. The number of hydrogen-bond donors (Lipinski definition) is 2. The molecule has 8 heteroatoms. The fourth-order valence-corrected chi connectivity index (χ4v) is 1.94. The summed E-state index contributed by atoms with van der Waals surface area (Å²) >= 11 is 3.13. The Balaban J connectivity index is 2.04. The van der Waals surface area contributed by atoms with Gasteiger partial charge in [0.05, 0.1) is 12.3 Å². The van der Waals surface area contributed by atoms with E-state index >= 15 is 0 Å². The number of ether oxygens (including phenoxy) is 1. The van der Waals surface area contributed by atoms with E-state index in [4.69, 9.17) is 9.15 Å². The summed E-state index contributed by atoms with van der Waals surface area (Å²) in [5, 5.41) is 5.48. The molecule has 0 spiro atoms. The van der Waals surface area contributed by atoms with Crippen molar-refractivity contribution in [2.45, 2.75) is 6.92 Å². The number of anilines is 2. The van der Waals surface area contributed by atoms with Gasteiger partial charge < -0.3 is 19.8 Å². The predicted molar refractivity (Wildman–Crippen MR) is 83.7 cm³/mol. The number of esters is 1. The lowest BCUT2D eigenvalue weighted by Gasteiger charge is -2.10. The Morgan fingerprint density at radius 1 is 1.36 bits per heavy atom. The van der Waals surface area contributed by atoms with Crippen LogP contribution in [0.3, 0.4) is 0 Å². The van der Waals surface area contributed by atoms with E-state index in [0.717, 1.165) is 0 Å². The third kappa shape index (κ3) is 4.32. The van der Waals surface area contributed by atoms with Gasteiger partial charge in [0.1, 0.15) is 12.4 Å². The van der Waals surface area contributed by atoms with Crippen molar-refractivity contribution in [3.8, 4) is 0 Å². The SMILES string of the molecule is CCOC(=O)CNc1ncccc1NC(=O)c1ccc(Br)o1. The average Bonchev–Trinajstić information content (AvgIpc) is 2.93. The largest absolute Gasteiger partial charge is 0.465 e. The normalized spacial score (nSPS) is 10.1. The maximum atomic E-state index is 12.0. The van der Waals surface area contributed by atoms with Gasteiger partial charge in [0.15, 0.2) is 10.4 Å². The lowest BCUT2D eigenvalue weighted by atomic mass is 10.3. The summed E-state index contributed by atoms with van der Waals surface area (Å²) in [5.41, 5.74) is 0.435. The molecule has 7 nitrogen and oxygen atoms in total. The quantitative estimate of drug-likeness (QED) is 0.762. The Morgan fingerprint density at radius 3 is 2.86 bits per heavy atom. The highest BCUT2D eigenvalue weighted by Crippen LogP contribution is 2.20. The summed E-state index contributed by atoms with van der Waals surface area (Å²) in [4.78, 5) is 27.5. The fourth-order valence-electron chi connectivity index (χ4n) is 1.64. The van der Waals surface area contributed by atoms with E-state index in [2.05, 4.69) is 31.5 Å². The van der Waals surface area contributed by atoms with Crippen LogP contribution in [0.1, 0.15) is 17.5 Å². The number of amides is 1. The molecule has 2 rings (SSSR count). The summed E-state index contributed by atoms with van der Waals surface area (Å²) in [5.74, 6) is -0.292. The average molecular weight is 368 g/mol. The first kappa shape index (κ1) is 16.0. The van der Waals surface area contributed by atoms with Gasteiger partial charge in [-0.3, -0.25) is 9.59 Å². The zero-order valence-corrected chi connectivity index (χ0v) is 13.3. The molecule has 2 heterocycles. The van der Waals surface area contributed by atoms with Crippen LogP contribution in [-0.4, -0.2) is 30.0 Å². The summed E-state index contributed by atoms with van der Waals surface area (Å²) in [6.07, 6.45) is 1.55. The number of halogens is 1. The van der Waals surface area contributed by atoms with Crippen molar-refractivity contribution in [1.29, 1.82) is 0 Å². The number of nitrogens with zero attached hydrogens (tertiary/aromatic N) is 1. The Bertz CT molecular complexity index is 672. The van der Waals surface area contributed by atoms with Crippen molar-refractivity contribution in [2.24, 2.45) is 0 Å². The van der Waals surface area contributed by atoms with E-state index in [-0.39, 0.29) is 12.3 Å². The summed E-state index contributed by atoms with van der Waals surface area (Å²) in [6.45, 7) is 1.99. The van der Waals surface area contributed by atoms with E-state index in [1.807, 2.05) is 0 Å². The van der Waals surface area contributed by atoms with Gasteiger partial charge >= 0.3 is 5.97 Å². The first-order chi connectivity index (χ1) is 10.6. The highest BCUT2D eigenvalue weighted by Gasteiger charge is 2.13. The first-order valence-corrected chi connectivity index (χ1v) is 7.30. The van der Waals surface area contributed by atoms with Crippen LogP contribution < -0.4 is 10.6 Å². The van der Waals surface area contributed by atoms with Crippen molar-refractivity contribution >= 4 is 39.3 Å². The molecule has 0 radical (unpaired) electrons. The van der Waals surface area contributed by atoms with Crippen LogP contribution in [0.5, 0.6) is 0 Å². The van der Waals surface area contributed by atoms with Crippen LogP contribution in [-0.2, 0) is 9.53 Å². The van der Waals surface area contributed by atoms with Crippen molar-refractivity contribution in [1.82, 2.24) is 4.98 Å². The molecule has 2 aromatic heterocycles. The highest BCUT2D eigenvalue weighted by atomic mass is 79.9. The Morgan fingerprint density at radius 2 is 2.18 bits per heavy atom. The number of aromatic nitrogens is 1. The standard InChI is InChI=1S/C14H14BrN3O4/c1-2-21-12(19)8-17-13-9(4-3-7-16-13)18-14(20)10-5-6-11(15)22-10/h3-7H,2,8H2,1H3,(H,16,17)(H,18,20). The van der Waals surface area contributed by atoms with Gasteiger partial charge in [-0.15, -0.1) is 0 Å². The molecular formula is C14H14BrN3O4. The van der Waals surface area contributed by atoms with Gasteiger partial charge in [-0.2, -0.15) is 0 Å². The number of nitrogens with one attached hydrogen (secondary N) is 2. The molecule has 1 amide bonds. The molecule has 0 saturated heterocycles. The lowest BCUT2D eigenvalue weighted by Crippen LogP contribution is -2.19. The fraction of sp³-hybridized carbons (Fsp3) is 0.214. The molecule has 0 fully saturated rings. The lowest BCUT2D eigenvalue weighted by molar-refractivity contribution is -0.140. The van der Waals surface area contributed by atoms with Crippen LogP contribution >= 0.6 is 15.9 Å². The van der Waals surface area contributed by atoms with E-state index in [1.165, 1.54) is 0 Å². The summed E-state index contributed by atoms with van der Waals surface area (Å²) < 4.78 is 10.5. The third-order valence-electron chi connectivity index (χ3n) is 2.56. The maximum Gasteiger partial charge on any atom is 0.325 e. The number of carbonyl (C=O) groups excluding carboxylic acids is 2.